The van der Waals surface area contributed by atoms with Crippen molar-refractivity contribution in [2.75, 3.05) is 35.0 Å². The molecule has 0 radical (unpaired) electrons. The molecule has 1 aromatic carbocycles. The van der Waals surface area contributed by atoms with Crippen LogP contribution in [0.25, 0.3) is 10.2 Å². The van der Waals surface area contributed by atoms with Crippen LogP contribution in [0.15, 0.2) is 46.9 Å². The Morgan fingerprint density at radius 1 is 1.12 bits per heavy atom. The summed E-state index contributed by atoms with van der Waals surface area (Å²) >= 11 is 4.59. The minimum absolute atomic E-state index is 0.141. The maximum absolute atomic E-state index is 12.3. The number of nitrogens with one attached hydrogen (secondary N) is 2. The third-order valence-corrected chi connectivity index (χ3v) is 7.63. The molecule has 2 heterocycles. The predicted molar refractivity (Wildman–Crippen MR) is 135 cm³/mol. The lowest BCUT2D eigenvalue weighted by atomic mass is 10.1. The van der Waals surface area contributed by atoms with Gasteiger partial charge in [0.2, 0.25) is 11.8 Å². The molecule has 0 aliphatic heterocycles. The standard InChI is InChI=1S/C22H26N4O3S3/c1-22(2,29-3)9-11-31-21-25-16-8-7-15(12-17(16)32-21)24-19(27)13-30-14-20(28)26-18-6-4-5-10-23-18/h4-8,10,12H,9,11,13-14H2,1-3H3,(H,24,27)(H,23,26,28). The molecule has 10 heteroatoms. The number of hydrogen-bond acceptors (Lipinski definition) is 8. The fraction of sp³-hybridized carbons (Fsp3) is 0.364. The molecule has 0 saturated heterocycles. The van der Waals surface area contributed by atoms with E-state index in [0.29, 0.717) is 5.82 Å². The highest BCUT2D eigenvalue weighted by Crippen LogP contribution is 2.32. The Bertz CT molecular complexity index is 1060. The Balaban J connectivity index is 1.44. The second-order valence-electron chi connectivity index (χ2n) is 7.53. The van der Waals surface area contributed by atoms with Crippen LogP contribution in [0.2, 0.25) is 0 Å². The fourth-order valence-electron chi connectivity index (χ4n) is 2.58. The van der Waals surface area contributed by atoms with Crippen molar-refractivity contribution in [3.8, 4) is 0 Å². The summed E-state index contributed by atoms with van der Waals surface area (Å²) in [5, 5.41) is 5.59. The average Bonchev–Trinajstić information content (AvgIpc) is 3.16. The predicted octanol–water partition coefficient (Wildman–Crippen LogP) is 4.91. The number of amides is 2. The van der Waals surface area contributed by atoms with Crippen molar-refractivity contribution in [2.24, 2.45) is 0 Å². The lowest BCUT2D eigenvalue weighted by molar-refractivity contribution is -0.114. The number of carbonyl (C=O) groups is 2. The molecule has 0 fully saturated rings. The van der Waals surface area contributed by atoms with Crippen LogP contribution in [-0.4, -0.2) is 51.8 Å². The summed E-state index contributed by atoms with van der Waals surface area (Å²) in [6.45, 7) is 4.15. The molecule has 0 aliphatic carbocycles. The fourth-order valence-corrected chi connectivity index (χ4v) is 5.62. The number of rotatable bonds is 11. The zero-order chi connectivity index (χ0) is 23.0. The summed E-state index contributed by atoms with van der Waals surface area (Å²) in [4.78, 5) is 32.9. The molecule has 0 bridgehead atoms. The molecule has 0 saturated carbocycles. The van der Waals surface area contributed by atoms with Crippen molar-refractivity contribution < 1.29 is 14.3 Å². The van der Waals surface area contributed by atoms with Crippen LogP contribution in [0.5, 0.6) is 0 Å². The van der Waals surface area contributed by atoms with E-state index in [1.165, 1.54) is 11.8 Å². The Kier molecular flexibility index (Phi) is 8.92. The van der Waals surface area contributed by atoms with Gasteiger partial charge in [-0.25, -0.2) is 9.97 Å². The first-order valence-corrected chi connectivity index (χ1v) is 13.0. The number of benzene rings is 1. The number of nitrogens with zero attached hydrogens (tertiary/aromatic N) is 2. The van der Waals surface area contributed by atoms with E-state index in [9.17, 15) is 9.59 Å². The molecule has 170 valence electrons. The van der Waals surface area contributed by atoms with Crippen LogP contribution >= 0.6 is 34.9 Å². The largest absolute Gasteiger partial charge is 0.379 e. The number of methoxy groups -OCH3 is 1. The Morgan fingerprint density at radius 3 is 2.62 bits per heavy atom. The maximum atomic E-state index is 12.3. The van der Waals surface area contributed by atoms with Crippen molar-refractivity contribution in [3.05, 3.63) is 42.6 Å². The van der Waals surface area contributed by atoms with Gasteiger partial charge in [0.05, 0.1) is 27.3 Å². The molecule has 2 aromatic heterocycles. The maximum Gasteiger partial charge on any atom is 0.235 e. The smallest absolute Gasteiger partial charge is 0.235 e. The SMILES string of the molecule is COC(C)(C)CCSc1nc2ccc(NC(=O)CSCC(=O)Nc3ccccn3)cc2s1. The van der Waals surface area contributed by atoms with Crippen molar-refractivity contribution in [1.29, 1.82) is 0 Å². The minimum atomic E-state index is -0.188. The van der Waals surface area contributed by atoms with Crippen molar-refractivity contribution in [3.63, 3.8) is 0 Å². The van der Waals surface area contributed by atoms with Gasteiger partial charge in [0.25, 0.3) is 0 Å². The molecule has 32 heavy (non-hydrogen) atoms. The van der Waals surface area contributed by atoms with Gasteiger partial charge in [-0.2, -0.15) is 0 Å². The quantitative estimate of drug-likeness (QED) is 0.369. The molecule has 0 aliphatic rings. The van der Waals surface area contributed by atoms with Gasteiger partial charge in [-0.1, -0.05) is 17.8 Å². The first-order valence-electron chi connectivity index (χ1n) is 10.0. The zero-order valence-electron chi connectivity index (χ0n) is 18.2. The minimum Gasteiger partial charge on any atom is -0.379 e. The van der Waals surface area contributed by atoms with Gasteiger partial charge in [-0.05, 0) is 50.6 Å². The molecule has 0 spiro atoms. The second-order valence-corrected chi connectivity index (χ2v) is 10.9. The van der Waals surface area contributed by atoms with E-state index >= 15 is 0 Å². The van der Waals surface area contributed by atoms with Gasteiger partial charge in [-0.3, -0.25) is 9.59 Å². The Labute approximate surface area is 200 Å². The summed E-state index contributed by atoms with van der Waals surface area (Å²) in [5.74, 6) is 1.45. The molecule has 3 aromatic rings. The molecule has 2 amide bonds. The van der Waals surface area contributed by atoms with Crippen LogP contribution in [0.1, 0.15) is 20.3 Å². The van der Waals surface area contributed by atoms with Crippen LogP contribution in [0, 0.1) is 0 Å². The Morgan fingerprint density at radius 2 is 1.91 bits per heavy atom. The number of anilines is 2. The van der Waals surface area contributed by atoms with Crippen molar-refractivity contribution in [1.82, 2.24) is 9.97 Å². The first kappa shape index (κ1) is 24.5. The van der Waals surface area contributed by atoms with Gasteiger partial charge in [0.15, 0.2) is 4.34 Å². The number of aromatic nitrogens is 2. The highest BCUT2D eigenvalue weighted by Gasteiger charge is 2.16. The van der Waals surface area contributed by atoms with E-state index < -0.39 is 0 Å². The van der Waals surface area contributed by atoms with Crippen LogP contribution < -0.4 is 10.6 Å². The molecule has 2 N–H and O–H groups in total. The van der Waals surface area contributed by atoms with E-state index in [2.05, 4.69) is 34.4 Å². The summed E-state index contributed by atoms with van der Waals surface area (Å²) in [6.07, 6.45) is 2.54. The van der Waals surface area contributed by atoms with Gasteiger partial charge >= 0.3 is 0 Å². The zero-order valence-corrected chi connectivity index (χ0v) is 20.7. The lowest BCUT2D eigenvalue weighted by Gasteiger charge is -2.21. The van der Waals surface area contributed by atoms with E-state index in [4.69, 9.17) is 4.74 Å². The van der Waals surface area contributed by atoms with E-state index in [1.54, 1.807) is 54.6 Å². The average molecular weight is 491 g/mol. The van der Waals surface area contributed by atoms with Gasteiger partial charge in [0, 0.05) is 24.7 Å². The highest BCUT2D eigenvalue weighted by molar-refractivity contribution is 8.01. The van der Waals surface area contributed by atoms with Gasteiger partial charge in [0.1, 0.15) is 5.82 Å². The summed E-state index contributed by atoms with van der Waals surface area (Å²) in [5.41, 5.74) is 1.50. The molecule has 7 nitrogen and oxygen atoms in total. The van der Waals surface area contributed by atoms with Crippen molar-refractivity contribution in [2.45, 2.75) is 30.2 Å². The molecule has 3 rings (SSSR count). The van der Waals surface area contributed by atoms with Crippen LogP contribution in [-0.2, 0) is 14.3 Å². The second kappa shape index (κ2) is 11.6. The third-order valence-electron chi connectivity index (χ3n) is 4.53. The number of hydrogen-bond donors (Lipinski definition) is 2. The summed E-state index contributed by atoms with van der Waals surface area (Å²) < 4.78 is 7.49. The van der Waals surface area contributed by atoms with Gasteiger partial charge < -0.3 is 15.4 Å². The number of carbonyl (C=O) groups excluding carboxylic acids is 2. The Hall–Kier alpha value is -2.14. The summed E-state index contributed by atoms with van der Waals surface area (Å²) in [6, 6.07) is 11.0. The molecule has 0 unspecified atom stereocenters. The van der Waals surface area contributed by atoms with Crippen molar-refractivity contribution >= 4 is 68.4 Å². The third kappa shape index (κ3) is 7.77. The topological polar surface area (TPSA) is 93.2 Å². The number of pyridine rings is 1. The normalized spacial score (nSPS) is 11.5. The van der Waals surface area contributed by atoms with E-state index in [-0.39, 0.29) is 28.9 Å². The molecular weight excluding hydrogens is 464 g/mol. The van der Waals surface area contributed by atoms with Gasteiger partial charge in [-0.15, -0.1) is 23.1 Å². The summed E-state index contributed by atoms with van der Waals surface area (Å²) in [7, 11) is 1.73. The molecular formula is C22H26N4O3S3. The number of thiazole rings is 1. The number of fused-ring (bicyclic) bond motifs is 1. The van der Waals surface area contributed by atoms with Crippen LogP contribution in [0.3, 0.4) is 0 Å². The van der Waals surface area contributed by atoms with Crippen LogP contribution in [0.4, 0.5) is 11.5 Å². The molecule has 0 atom stereocenters. The van der Waals surface area contributed by atoms with E-state index in [1.807, 2.05) is 18.2 Å². The monoisotopic (exact) mass is 490 g/mol. The lowest BCUT2D eigenvalue weighted by Crippen LogP contribution is -2.22. The highest BCUT2D eigenvalue weighted by atomic mass is 32.2. The number of ether oxygens (including phenoxy) is 1. The van der Waals surface area contributed by atoms with E-state index in [0.717, 1.165) is 32.4 Å². The number of thioether (sulfide) groups is 2. The first-order chi connectivity index (χ1) is 15.3.